The number of hydrogen-bond acceptors (Lipinski definition) is 3. The van der Waals surface area contributed by atoms with Gasteiger partial charge in [0.05, 0.1) is 5.75 Å². The van der Waals surface area contributed by atoms with Gasteiger partial charge in [0, 0.05) is 36.8 Å². The van der Waals surface area contributed by atoms with Crippen LogP contribution in [-0.4, -0.2) is 55.5 Å². The Hall–Kier alpha value is -1.89. The number of rotatable bonds is 5. The van der Waals surface area contributed by atoms with E-state index in [1.165, 1.54) is 4.31 Å². The molecule has 2 aromatic carbocycles. The molecule has 0 spiro atoms. The minimum Gasteiger partial charge on any atom is -0.336 e. The Balaban J connectivity index is 1.55. The van der Waals surface area contributed by atoms with E-state index < -0.39 is 10.0 Å². The van der Waals surface area contributed by atoms with Crippen LogP contribution in [0.15, 0.2) is 54.6 Å². The van der Waals surface area contributed by atoms with Crippen LogP contribution in [0.2, 0.25) is 5.02 Å². The zero-order valence-corrected chi connectivity index (χ0v) is 15.9. The lowest BCUT2D eigenvalue weighted by Crippen LogP contribution is -2.51. The molecule has 5 nitrogen and oxygen atoms in total. The van der Waals surface area contributed by atoms with Crippen LogP contribution < -0.4 is 0 Å². The summed E-state index contributed by atoms with van der Waals surface area (Å²) in [5.41, 5.74) is 1.57. The Bertz CT molecular complexity index is 846. The maximum absolute atomic E-state index is 12.6. The maximum atomic E-state index is 12.6. The smallest absolute Gasteiger partial charge is 0.253 e. The second-order valence-corrected chi connectivity index (χ2v) is 8.77. The first-order chi connectivity index (χ1) is 12.5. The molecule has 3 rings (SSSR count). The van der Waals surface area contributed by atoms with E-state index >= 15 is 0 Å². The summed E-state index contributed by atoms with van der Waals surface area (Å²) in [5, 5.41) is 0.580. The largest absolute Gasteiger partial charge is 0.336 e. The monoisotopic (exact) mass is 392 g/mol. The zero-order valence-electron chi connectivity index (χ0n) is 14.3. The Labute approximate surface area is 159 Å². The van der Waals surface area contributed by atoms with Gasteiger partial charge >= 0.3 is 0 Å². The molecule has 2 aromatic rings. The third-order valence-corrected chi connectivity index (χ3v) is 6.63. The van der Waals surface area contributed by atoms with E-state index in [9.17, 15) is 13.2 Å². The standard InChI is InChI=1S/C19H21ClN2O3S/c20-18-8-6-17(7-9-18)19(23)21-11-13-22(14-12-21)26(24,25)15-10-16-4-2-1-3-5-16/h1-9H,10-15H2. The first-order valence-electron chi connectivity index (χ1n) is 8.52. The fourth-order valence-electron chi connectivity index (χ4n) is 2.97. The van der Waals surface area contributed by atoms with Gasteiger partial charge in [0.2, 0.25) is 10.0 Å². The second kappa shape index (κ2) is 8.20. The second-order valence-electron chi connectivity index (χ2n) is 6.25. The van der Waals surface area contributed by atoms with E-state index in [1.54, 1.807) is 29.2 Å². The SMILES string of the molecule is O=C(c1ccc(Cl)cc1)N1CCN(S(=O)(=O)CCc2ccccc2)CC1. The van der Waals surface area contributed by atoms with Crippen LogP contribution in [0.1, 0.15) is 15.9 Å². The molecule has 0 aromatic heterocycles. The number of carbonyl (C=O) groups is 1. The van der Waals surface area contributed by atoms with E-state index in [0.29, 0.717) is 43.2 Å². The van der Waals surface area contributed by atoms with Crippen molar-refractivity contribution in [2.75, 3.05) is 31.9 Å². The van der Waals surface area contributed by atoms with Crippen molar-refractivity contribution in [2.45, 2.75) is 6.42 Å². The average Bonchev–Trinajstić information content (AvgIpc) is 2.67. The Kier molecular flexibility index (Phi) is 5.96. The highest BCUT2D eigenvalue weighted by atomic mass is 35.5. The van der Waals surface area contributed by atoms with E-state index in [1.807, 2.05) is 30.3 Å². The number of halogens is 1. The van der Waals surface area contributed by atoms with Gasteiger partial charge in [-0.05, 0) is 36.2 Å². The summed E-state index contributed by atoms with van der Waals surface area (Å²) in [6.45, 7) is 1.45. The summed E-state index contributed by atoms with van der Waals surface area (Å²) < 4.78 is 26.6. The molecule has 0 bridgehead atoms. The number of hydrogen-bond donors (Lipinski definition) is 0. The summed E-state index contributed by atoms with van der Waals surface area (Å²) in [6.07, 6.45) is 0.493. The number of amides is 1. The van der Waals surface area contributed by atoms with Gasteiger partial charge in [0.25, 0.3) is 5.91 Å². The fraction of sp³-hybridized carbons (Fsp3) is 0.316. The van der Waals surface area contributed by atoms with Crippen molar-refractivity contribution >= 4 is 27.5 Å². The number of piperazine rings is 1. The molecule has 1 amide bonds. The molecule has 1 saturated heterocycles. The highest BCUT2D eigenvalue weighted by Crippen LogP contribution is 2.15. The summed E-state index contributed by atoms with van der Waals surface area (Å²) in [4.78, 5) is 14.2. The van der Waals surface area contributed by atoms with Gasteiger partial charge in [0.15, 0.2) is 0 Å². The highest BCUT2D eigenvalue weighted by Gasteiger charge is 2.28. The van der Waals surface area contributed by atoms with E-state index in [0.717, 1.165) is 5.56 Å². The quantitative estimate of drug-likeness (QED) is 0.786. The fourth-order valence-corrected chi connectivity index (χ4v) is 4.56. The zero-order chi connectivity index (χ0) is 18.6. The van der Waals surface area contributed by atoms with Crippen LogP contribution in [0.5, 0.6) is 0 Å². The molecule has 0 saturated carbocycles. The predicted octanol–water partition coefficient (Wildman–Crippen LogP) is 2.67. The van der Waals surface area contributed by atoms with Crippen LogP contribution in [0.3, 0.4) is 0 Å². The van der Waals surface area contributed by atoms with Gasteiger partial charge in [-0.2, -0.15) is 4.31 Å². The van der Waals surface area contributed by atoms with Crippen LogP contribution in [0, 0.1) is 0 Å². The van der Waals surface area contributed by atoms with E-state index in [2.05, 4.69) is 0 Å². The topological polar surface area (TPSA) is 57.7 Å². The number of sulfonamides is 1. The normalized spacial score (nSPS) is 15.8. The number of benzene rings is 2. The van der Waals surface area contributed by atoms with Crippen molar-refractivity contribution in [1.29, 1.82) is 0 Å². The molecule has 1 aliphatic heterocycles. The van der Waals surface area contributed by atoms with E-state index in [-0.39, 0.29) is 11.7 Å². The third kappa shape index (κ3) is 4.63. The molecule has 0 aliphatic carbocycles. The number of aryl methyl sites for hydroxylation is 1. The van der Waals surface area contributed by atoms with Crippen LogP contribution >= 0.6 is 11.6 Å². The van der Waals surface area contributed by atoms with Gasteiger partial charge in [0.1, 0.15) is 0 Å². The molecule has 0 unspecified atom stereocenters. The number of carbonyl (C=O) groups excluding carboxylic acids is 1. The van der Waals surface area contributed by atoms with Gasteiger partial charge in [-0.15, -0.1) is 0 Å². The lowest BCUT2D eigenvalue weighted by Gasteiger charge is -2.34. The average molecular weight is 393 g/mol. The molecule has 0 radical (unpaired) electrons. The minimum atomic E-state index is -3.32. The Morgan fingerprint density at radius 1 is 0.923 bits per heavy atom. The molecule has 0 atom stereocenters. The van der Waals surface area contributed by atoms with Crippen molar-refractivity contribution in [3.05, 3.63) is 70.7 Å². The molecule has 1 fully saturated rings. The summed E-state index contributed by atoms with van der Waals surface area (Å²) in [7, 11) is -3.32. The molecule has 138 valence electrons. The third-order valence-electron chi connectivity index (χ3n) is 4.50. The lowest BCUT2D eigenvalue weighted by atomic mass is 10.2. The lowest BCUT2D eigenvalue weighted by molar-refractivity contribution is 0.0698. The van der Waals surface area contributed by atoms with Crippen LogP contribution in [0.4, 0.5) is 0 Å². The Morgan fingerprint density at radius 3 is 2.15 bits per heavy atom. The van der Waals surface area contributed by atoms with Crippen molar-refractivity contribution in [3.63, 3.8) is 0 Å². The van der Waals surface area contributed by atoms with Crippen molar-refractivity contribution in [2.24, 2.45) is 0 Å². The Morgan fingerprint density at radius 2 is 1.54 bits per heavy atom. The predicted molar refractivity (Wildman–Crippen MR) is 103 cm³/mol. The van der Waals surface area contributed by atoms with Gasteiger partial charge in [-0.25, -0.2) is 8.42 Å². The molecule has 26 heavy (non-hydrogen) atoms. The molecule has 1 heterocycles. The first kappa shape index (κ1) is 18.9. The summed E-state index contributed by atoms with van der Waals surface area (Å²) >= 11 is 5.85. The summed E-state index contributed by atoms with van der Waals surface area (Å²) in [6, 6.07) is 16.3. The highest BCUT2D eigenvalue weighted by molar-refractivity contribution is 7.89. The van der Waals surface area contributed by atoms with Crippen molar-refractivity contribution in [1.82, 2.24) is 9.21 Å². The molecule has 1 aliphatic rings. The van der Waals surface area contributed by atoms with Crippen LogP contribution in [0.25, 0.3) is 0 Å². The molecule has 7 heteroatoms. The van der Waals surface area contributed by atoms with Crippen LogP contribution in [-0.2, 0) is 16.4 Å². The van der Waals surface area contributed by atoms with Gasteiger partial charge < -0.3 is 4.90 Å². The molecular formula is C19H21ClN2O3S. The van der Waals surface area contributed by atoms with Crippen molar-refractivity contribution < 1.29 is 13.2 Å². The van der Waals surface area contributed by atoms with Gasteiger partial charge in [-0.3, -0.25) is 4.79 Å². The number of nitrogens with zero attached hydrogens (tertiary/aromatic N) is 2. The van der Waals surface area contributed by atoms with E-state index in [4.69, 9.17) is 11.6 Å². The summed E-state index contributed by atoms with van der Waals surface area (Å²) in [5.74, 6) is -0.00898. The van der Waals surface area contributed by atoms with Crippen molar-refractivity contribution in [3.8, 4) is 0 Å². The van der Waals surface area contributed by atoms with Gasteiger partial charge in [-0.1, -0.05) is 41.9 Å². The first-order valence-corrected chi connectivity index (χ1v) is 10.5. The maximum Gasteiger partial charge on any atom is 0.253 e. The minimum absolute atomic E-state index is 0.0855. The molecule has 0 N–H and O–H groups in total. The molecular weight excluding hydrogens is 372 g/mol.